The highest BCUT2D eigenvalue weighted by Crippen LogP contribution is 2.15. The van der Waals surface area contributed by atoms with Gasteiger partial charge in [0.15, 0.2) is 6.29 Å². The summed E-state index contributed by atoms with van der Waals surface area (Å²) in [6.07, 6.45) is 0.451. The number of anilines is 2. The van der Waals surface area contributed by atoms with Gasteiger partial charge in [-0.25, -0.2) is 4.79 Å². The standard InChI is InChI=1S/C13H13N3O3/c1-15-11(14-9-6-4-3-5-7-9)10(8-17)12(18)16(2)13(15)19/h3-8,14H,1-2H3. The summed E-state index contributed by atoms with van der Waals surface area (Å²) in [5.41, 5.74) is -0.493. The van der Waals surface area contributed by atoms with E-state index in [1.807, 2.05) is 18.2 Å². The van der Waals surface area contributed by atoms with Gasteiger partial charge in [-0.05, 0) is 12.1 Å². The highest BCUT2D eigenvalue weighted by molar-refractivity contribution is 5.83. The highest BCUT2D eigenvalue weighted by atomic mass is 16.2. The zero-order valence-electron chi connectivity index (χ0n) is 10.6. The van der Waals surface area contributed by atoms with Crippen LogP contribution in [0.25, 0.3) is 0 Å². The number of aromatic nitrogens is 2. The predicted molar refractivity (Wildman–Crippen MR) is 72.0 cm³/mol. The van der Waals surface area contributed by atoms with Gasteiger partial charge in [0.05, 0.1) is 0 Å². The first-order valence-corrected chi connectivity index (χ1v) is 5.63. The van der Waals surface area contributed by atoms with Crippen molar-refractivity contribution in [2.75, 3.05) is 5.32 Å². The van der Waals surface area contributed by atoms with E-state index in [2.05, 4.69) is 5.32 Å². The Morgan fingerprint density at radius 3 is 2.26 bits per heavy atom. The maximum absolute atomic E-state index is 11.9. The van der Waals surface area contributed by atoms with Crippen LogP contribution in [0, 0.1) is 0 Å². The second-order valence-corrected chi connectivity index (χ2v) is 4.08. The summed E-state index contributed by atoms with van der Waals surface area (Å²) in [5.74, 6) is 0.189. The van der Waals surface area contributed by atoms with E-state index in [0.29, 0.717) is 12.0 Å². The van der Waals surface area contributed by atoms with Gasteiger partial charge in [0, 0.05) is 19.8 Å². The Morgan fingerprint density at radius 2 is 1.68 bits per heavy atom. The van der Waals surface area contributed by atoms with Gasteiger partial charge in [-0.1, -0.05) is 18.2 Å². The minimum atomic E-state index is -0.614. The van der Waals surface area contributed by atoms with Gasteiger partial charge in [0.1, 0.15) is 11.4 Å². The lowest BCUT2D eigenvalue weighted by Gasteiger charge is -2.14. The molecule has 0 aliphatic carbocycles. The molecule has 98 valence electrons. The number of carbonyl (C=O) groups excluding carboxylic acids is 1. The molecule has 0 atom stereocenters. The van der Waals surface area contributed by atoms with E-state index < -0.39 is 11.2 Å². The molecule has 0 bridgehead atoms. The molecule has 0 radical (unpaired) electrons. The first-order valence-electron chi connectivity index (χ1n) is 5.63. The molecule has 0 amide bonds. The summed E-state index contributed by atoms with van der Waals surface area (Å²) < 4.78 is 2.14. The summed E-state index contributed by atoms with van der Waals surface area (Å²) in [7, 11) is 2.84. The van der Waals surface area contributed by atoms with Crippen molar-refractivity contribution in [1.29, 1.82) is 0 Å². The average Bonchev–Trinajstić information content (AvgIpc) is 2.44. The summed E-state index contributed by atoms with van der Waals surface area (Å²) in [5, 5.41) is 2.92. The number of nitrogens with zero attached hydrogens (tertiary/aromatic N) is 2. The van der Waals surface area contributed by atoms with Crippen molar-refractivity contribution in [3.05, 3.63) is 56.7 Å². The van der Waals surface area contributed by atoms with E-state index in [-0.39, 0.29) is 11.4 Å². The van der Waals surface area contributed by atoms with E-state index in [1.165, 1.54) is 18.7 Å². The van der Waals surface area contributed by atoms with Crippen molar-refractivity contribution < 1.29 is 4.79 Å². The van der Waals surface area contributed by atoms with Gasteiger partial charge in [-0.2, -0.15) is 0 Å². The Morgan fingerprint density at radius 1 is 1.05 bits per heavy atom. The van der Waals surface area contributed by atoms with E-state index in [0.717, 1.165) is 4.57 Å². The zero-order chi connectivity index (χ0) is 14.0. The normalized spacial score (nSPS) is 10.2. The lowest BCUT2D eigenvalue weighted by Crippen LogP contribution is -2.40. The molecule has 0 saturated carbocycles. The third-order valence-electron chi connectivity index (χ3n) is 2.85. The molecule has 0 aliphatic rings. The van der Waals surface area contributed by atoms with Crippen molar-refractivity contribution in [3.8, 4) is 0 Å². The Hall–Kier alpha value is -2.63. The fourth-order valence-corrected chi connectivity index (χ4v) is 1.79. The molecule has 6 heteroatoms. The molecule has 6 nitrogen and oxygen atoms in total. The lowest BCUT2D eigenvalue weighted by molar-refractivity contribution is 0.112. The number of benzene rings is 1. The molecule has 1 aromatic heterocycles. The SMILES string of the molecule is Cn1c(Nc2ccccc2)c(C=O)c(=O)n(C)c1=O. The Balaban J connectivity index is 2.67. The molecule has 0 fully saturated rings. The predicted octanol–water partition coefficient (Wildman–Crippen LogP) is 0.640. The molecule has 1 heterocycles. The van der Waals surface area contributed by atoms with Crippen LogP contribution >= 0.6 is 0 Å². The van der Waals surface area contributed by atoms with Crippen LogP contribution in [0.1, 0.15) is 10.4 Å². The van der Waals surface area contributed by atoms with Crippen molar-refractivity contribution in [2.45, 2.75) is 0 Å². The van der Waals surface area contributed by atoms with Crippen LogP contribution in [0.3, 0.4) is 0 Å². The minimum Gasteiger partial charge on any atom is -0.341 e. The third kappa shape index (κ3) is 2.20. The number of para-hydroxylation sites is 1. The summed E-state index contributed by atoms with van der Waals surface area (Å²) in [6, 6.07) is 9.01. The molecule has 0 saturated heterocycles. The van der Waals surface area contributed by atoms with Crippen LogP contribution in [0.2, 0.25) is 0 Å². The monoisotopic (exact) mass is 259 g/mol. The summed E-state index contributed by atoms with van der Waals surface area (Å²) >= 11 is 0. The first kappa shape index (κ1) is 12.8. The largest absolute Gasteiger partial charge is 0.341 e. The van der Waals surface area contributed by atoms with Gasteiger partial charge < -0.3 is 5.32 Å². The zero-order valence-corrected chi connectivity index (χ0v) is 10.6. The van der Waals surface area contributed by atoms with E-state index in [9.17, 15) is 14.4 Å². The fourth-order valence-electron chi connectivity index (χ4n) is 1.79. The van der Waals surface area contributed by atoms with Crippen LogP contribution in [-0.2, 0) is 14.1 Å². The van der Waals surface area contributed by atoms with Crippen LogP contribution in [0.4, 0.5) is 11.5 Å². The van der Waals surface area contributed by atoms with Crippen molar-refractivity contribution in [2.24, 2.45) is 14.1 Å². The number of nitrogens with one attached hydrogen (secondary N) is 1. The topological polar surface area (TPSA) is 73.1 Å². The Kier molecular flexibility index (Phi) is 3.33. The fraction of sp³-hybridized carbons (Fsp3) is 0.154. The molecular formula is C13H13N3O3. The minimum absolute atomic E-state index is 0.0755. The molecule has 1 N–H and O–H groups in total. The number of rotatable bonds is 3. The van der Waals surface area contributed by atoms with Gasteiger partial charge in [0.2, 0.25) is 0 Å². The maximum atomic E-state index is 11.9. The smallest absolute Gasteiger partial charge is 0.332 e. The van der Waals surface area contributed by atoms with Gasteiger partial charge in [0.25, 0.3) is 5.56 Å². The lowest BCUT2D eigenvalue weighted by atomic mass is 10.3. The molecule has 0 aliphatic heterocycles. The maximum Gasteiger partial charge on any atom is 0.332 e. The molecule has 2 aromatic rings. The molecule has 0 spiro atoms. The Labute approximate surface area is 108 Å². The summed E-state index contributed by atoms with van der Waals surface area (Å²) in [6.45, 7) is 0. The third-order valence-corrected chi connectivity index (χ3v) is 2.85. The molecule has 19 heavy (non-hydrogen) atoms. The van der Waals surface area contributed by atoms with Crippen LogP contribution in [0.5, 0.6) is 0 Å². The molecule has 0 unspecified atom stereocenters. The van der Waals surface area contributed by atoms with Crippen LogP contribution in [-0.4, -0.2) is 15.4 Å². The molecular weight excluding hydrogens is 246 g/mol. The van der Waals surface area contributed by atoms with Crippen molar-refractivity contribution in [1.82, 2.24) is 9.13 Å². The van der Waals surface area contributed by atoms with Crippen molar-refractivity contribution in [3.63, 3.8) is 0 Å². The second-order valence-electron chi connectivity index (χ2n) is 4.08. The average molecular weight is 259 g/mol. The quantitative estimate of drug-likeness (QED) is 0.821. The molecule has 2 rings (SSSR count). The number of hydrogen-bond acceptors (Lipinski definition) is 4. The number of carbonyl (C=O) groups is 1. The van der Waals surface area contributed by atoms with E-state index >= 15 is 0 Å². The summed E-state index contributed by atoms with van der Waals surface area (Å²) in [4.78, 5) is 34.8. The highest BCUT2D eigenvalue weighted by Gasteiger charge is 2.14. The first-order chi connectivity index (χ1) is 9.06. The van der Waals surface area contributed by atoms with Crippen LogP contribution < -0.4 is 16.6 Å². The van der Waals surface area contributed by atoms with Crippen molar-refractivity contribution >= 4 is 17.8 Å². The van der Waals surface area contributed by atoms with Gasteiger partial charge >= 0.3 is 5.69 Å². The second kappa shape index (κ2) is 4.93. The number of hydrogen-bond donors (Lipinski definition) is 1. The van der Waals surface area contributed by atoms with Crippen LogP contribution in [0.15, 0.2) is 39.9 Å². The van der Waals surface area contributed by atoms with E-state index in [1.54, 1.807) is 12.1 Å². The van der Waals surface area contributed by atoms with Gasteiger partial charge in [-0.15, -0.1) is 0 Å². The molecule has 1 aromatic carbocycles. The number of aldehydes is 1. The van der Waals surface area contributed by atoms with E-state index in [4.69, 9.17) is 0 Å². The van der Waals surface area contributed by atoms with Gasteiger partial charge in [-0.3, -0.25) is 18.7 Å². The Bertz CT molecular complexity index is 729.